The molecular formula is C24H24ClN3O5. The number of fused-ring (bicyclic) bond motifs is 1. The Kier molecular flexibility index (Phi) is 6.65. The van der Waals surface area contributed by atoms with Gasteiger partial charge in [0.2, 0.25) is 5.91 Å². The summed E-state index contributed by atoms with van der Waals surface area (Å²) in [4.78, 5) is 54.6. The Labute approximate surface area is 196 Å². The summed E-state index contributed by atoms with van der Waals surface area (Å²) in [7, 11) is 0. The number of nitrogens with zero attached hydrogens (tertiary/aromatic N) is 3. The molecule has 0 spiro atoms. The molecule has 172 valence electrons. The zero-order valence-electron chi connectivity index (χ0n) is 18.3. The molecule has 0 aromatic heterocycles. The van der Waals surface area contributed by atoms with Crippen LogP contribution < -0.4 is 4.74 Å². The molecule has 4 rings (SSSR count). The van der Waals surface area contributed by atoms with Crippen LogP contribution in [-0.4, -0.2) is 77.7 Å². The van der Waals surface area contributed by atoms with Crippen molar-refractivity contribution in [3.8, 4) is 5.75 Å². The van der Waals surface area contributed by atoms with Gasteiger partial charge in [0.1, 0.15) is 5.75 Å². The monoisotopic (exact) mass is 469 g/mol. The molecule has 2 aromatic rings. The van der Waals surface area contributed by atoms with Gasteiger partial charge in [-0.25, -0.2) is 0 Å². The molecule has 8 nitrogen and oxygen atoms in total. The summed E-state index contributed by atoms with van der Waals surface area (Å²) < 4.78 is 5.50. The molecule has 2 aromatic carbocycles. The van der Waals surface area contributed by atoms with Crippen molar-refractivity contribution in [3.05, 3.63) is 64.2 Å². The van der Waals surface area contributed by atoms with Crippen LogP contribution in [0.4, 0.5) is 0 Å². The average Bonchev–Trinajstić information content (AvgIpc) is 3.05. The third-order valence-corrected chi connectivity index (χ3v) is 6.09. The minimum Gasteiger partial charge on any atom is -0.484 e. The van der Waals surface area contributed by atoms with Crippen LogP contribution in [0.25, 0.3) is 0 Å². The summed E-state index contributed by atoms with van der Waals surface area (Å²) in [5.74, 6) is -0.461. The average molecular weight is 470 g/mol. The van der Waals surface area contributed by atoms with Crippen molar-refractivity contribution < 1.29 is 23.9 Å². The lowest BCUT2D eigenvalue weighted by Crippen LogP contribution is -2.52. The lowest BCUT2D eigenvalue weighted by Gasteiger charge is -2.35. The molecule has 2 heterocycles. The van der Waals surface area contributed by atoms with E-state index >= 15 is 0 Å². The minimum absolute atomic E-state index is 0.0400. The molecule has 0 saturated carbocycles. The zero-order valence-corrected chi connectivity index (χ0v) is 19.0. The predicted octanol–water partition coefficient (Wildman–Crippen LogP) is 2.38. The number of ether oxygens (including phenoxy) is 1. The molecule has 4 amide bonds. The van der Waals surface area contributed by atoms with E-state index in [2.05, 4.69) is 0 Å². The number of rotatable bonds is 6. The second kappa shape index (κ2) is 9.62. The number of piperazine rings is 1. The number of aryl methyl sites for hydroxylation is 1. The number of hydrogen-bond acceptors (Lipinski definition) is 5. The Morgan fingerprint density at radius 2 is 1.48 bits per heavy atom. The van der Waals surface area contributed by atoms with E-state index in [0.717, 1.165) is 10.5 Å². The Hall–Kier alpha value is -3.39. The Morgan fingerprint density at radius 3 is 2.15 bits per heavy atom. The summed E-state index contributed by atoms with van der Waals surface area (Å²) in [6.45, 7) is 3.41. The molecule has 9 heteroatoms. The van der Waals surface area contributed by atoms with E-state index in [9.17, 15) is 19.2 Å². The van der Waals surface area contributed by atoms with E-state index in [1.165, 1.54) is 0 Å². The topological polar surface area (TPSA) is 87.2 Å². The van der Waals surface area contributed by atoms with Crippen molar-refractivity contribution in [1.29, 1.82) is 0 Å². The highest BCUT2D eigenvalue weighted by Gasteiger charge is 2.36. The fourth-order valence-corrected chi connectivity index (χ4v) is 4.07. The molecule has 0 radical (unpaired) electrons. The highest BCUT2D eigenvalue weighted by Crippen LogP contribution is 2.24. The molecule has 0 atom stereocenters. The van der Waals surface area contributed by atoms with Gasteiger partial charge in [-0.3, -0.25) is 24.1 Å². The van der Waals surface area contributed by atoms with Crippen LogP contribution in [0.3, 0.4) is 0 Å². The van der Waals surface area contributed by atoms with E-state index in [4.69, 9.17) is 16.3 Å². The summed E-state index contributed by atoms with van der Waals surface area (Å²) >= 11 is 5.84. The maximum atomic E-state index is 12.6. The number of hydrogen-bond donors (Lipinski definition) is 0. The van der Waals surface area contributed by atoms with Gasteiger partial charge in [-0.1, -0.05) is 23.2 Å². The number of carbonyl (C=O) groups is 4. The van der Waals surface area contributed by atoms with Crippen molar-refractivity contribution in [2.24, 2.45) is 0 Å². The van der Waals surface area contributed by atoms with Crippen LogP contribution >= 0.6 is 11.6 Å². The van der Waals surface area contributed by atoms with Crippen molar-refractivity contribution in [2.75, 3.05) is 39.3 Å². The first-order valence-corrected chi connectivity index (χ1v) is 11.1. The SMILES string of the molecule is Cc1ccc2c(c1)C(=O)N(CCC(=O)N1CCN(C(=O)COc3ccc(Cl)cc3)CC1)C2=O. The fraction of sp³-hybridized carbons (Fsp3) is 0.333. The van der Waals surface area contributed by atoms with Crippen LogP contribution in [0.2, 0.25) is 5.02 Å². The molecule has 0 aliphatic carbocycles. The van der Waals surface area contributed by atoms with Gasteiger partial charge in [0.25, 0.3) is 17.7 Å². The van der Waals surface area contributed by atoms with Gasteiger partial charge in [-0.2, -0.15) is 0 Å². The molecule has 2 aliphatic heterocycles. The number of imide groups is 1. The predicted molar refractivity (Wildman–Crippen MR) is 121 cm³/mol. The van der Waals surface area contributed by atoms with Crippen LogP contribution in [0, 0.1) is 6.92 Å². The summed E-state index contributed by atoms with van der Waals surface area (Å²) in [6.07, 6.45) is 0.0536. The van der Waals surface area contributed by atoms with Crippen molar-refractivity contribution >= 4 is 35.2 Å². The van der Waals surface area contributed by atoms with Crippen LogP contribution in [0.15, 0.2) is 42.5 Å². The molecule has 0 N–H and O–H groups in total. The fourth-order valence-electron chi connectivity index (χ4n) is 3.95. The van der Waals surface area contributed by atoms with Gasteiger partial charge in [-0.05, 0) is 43.3 Å². The van der Waals surface area contributed by atoms with E-state index in [-0.39, 0.29) is 43.2 Å². The van der Waals surface area contributed by atoms with Crippen LogP contribution in [0.5, 0.6) is 5.75 Å². The number of halogens is 1. The second-order valence-electron chi connectivity index (χ2n) is 8.07. The molecular weight excluding hydrogens is 446 g/mol. The third kappa shape index (κ3) is 5.01. The maximum Gasteiger partial charge on any atom is 0.261 e. The van der Waals surface area contributed by atoms with Crippen molar-refractivity contribution in [3.63, 3.8) is 0 Å². The van der Waals surface area contributed by atoms with Crippen LogP contribution in [-0.2, 0) is 9.59 Å². The quantitative estimate of drug-likeness (QED) is 0.606. The third-order valence-electron chi connectivity index (χ3n) is 5.84. The maximum absolute atomic E-state index is 12.6. The van der Waals surface area contributed by atoms with Gasteiger partial charge in [0, 0.05) is 44.2 Å². The van der Waals surface area contributed by atoms with E-state index in [0.29, 0.717) is 48.1 Å². The number of carbonyl (C=O) groups excluding carboxylic acids is 4. The number of amides is 4. The first-order valence-electron chi connectivity index (χ1n) is 10.7. The Morgan fingerprint density at radius 1 is 0.879 bits per heavy atom. The van der Waals surface area contributed by atoms with Gasteiger partial charge in [-0.15, -0.1) is 0 Å². The lowest BCUT2D eigenvalue weighted by molar-refractivity contribution is -0.140. The van der Waals surface area contributed by atoms with E-state index < -0.39 is 0 Å². The Bertz CT molecular complexity index is 1090. The summed E-state index contributed by atoms with van der Waals surface area (Å²) in [5, 5.41) is 0.590. The van der Waals surface area contributed by atoms with Crippen molar-refractivity contribution in [1.82, 2.24) is 14.7 Å². The summed E-state index contributed by atoms with van der Waals surface area (Å²) in [6, 6.07) is 11.9. The minimum atomic E-state index is -0.362. The summed E-state index contributed by atoms with van der Waals surface area (Å²) in [5.41, 5.74) is 1.67. The zero-order chi connectivity index (χ0) is 23.5. The van der Waals surface area contributed by atoms with Gasteiger partial charge in [0.15, 0.2) is 6.61 Å². The van der Waals surface area contributed by atoms with Gasteiger partial charge < -0.3 is 14.5 Å². The molecule has 0 bridgehead atoms. The molecule has 33 heavy (non-hydrogen) atoms. The Balaban J connectivity index is 1.23. The van der Waals surface area contributed by atoms with E-state index in [1.807, 2.05) is 6.92 Å². The van der Waals surface area contributed by atoms with E-state index in [1.54, 1.807) is 52.3 Å². The number of benzene rings is 2. The first kappa shape index (κ1) is 22.8. The second-order valence-corrected chi connectivity index (χ2v) is 8.50. The molecule has 2 aliphatic rings. The lowest BCUT2D eigenvalue weighted by atomic mass is 10.1. The standard InChI is InChI=1S/C24H24ClN3O5/c1-16-2-7-19-20(14-16)24(32)28(23(19)31)9-8-21(29)26-10-12-27(13-11-26)22(30)15-33-18-5-3-17(25)4-6-18/h2-7,14H,8-13,15H2,1H3. The largest absolute Gasteiger partial charge is 0.484 e. The van der Waals surface area contributed by atoms with Crippen molar-refractivity contribution in [2.45, 2.75) is 13.3 Å². The smallest absolute Gasteiger partial charge is 0.261 e. The van der Waals surface area contributed by atoms with Gasteiger partial charge >= 0.3 is 0 Å². The highest BCUT2D eigenvalue weighted by molar-refractivity contribution is 6.30. The normalized spacial score (nSPS) is 15.6. The first-order chi connectivity index (χ1) is 15.8. The molecule has 1 saturated heterocycles. The van der Waals surface area contributed by atoms with Gasteiger partial charge in [0.05, 0.1) is 11.1 Å². The molecule has 0 unspecified atom stereocenters. The molecule has 1 fully saturated rings. The van der Waals surface area contributed by atoms with Crippen LogP contribution in [0.1, 0.15) is 32.7 Å². The highest BCUT2D eigenvalue weighted by atomic mass is 35.5.